The van der Waals surface area contributed by atoms with Gasteiger partial charge >= 0.3 is 0 Å². The van der Waals surface area contributed by atoms with Gasteiger partial charge in [0.2, 0.25) is 0 Å². The molecule has 0 spiro atoms. The number of aliphatic hydroxyl groups excluding tert-OH is 1. The molecule has 4 nitrogen and oxygen atoms in total. The molecule has 0 unspecified atom stereocenters. The SMILES string of the molecule is CC(C)CN(CCC#N)C(=O)c1csc(C#CCCO)c1. The molecule has 1 heterocycles. The van der Waals surface area contributed by atoms with Crippen molar-refractivity contribution in [1.29, 1.82) is 5.26 Å². The van der Waals surface area contributed by atoms with Crippen molar-refractivity contribution in [3.63, 3.8) is 0 Å². The third-order valence-electron chi connectivity index (χ3n) is 2.66. The lowest BCUT2D eigenvalue weighted by Gasteiger charge is -2.23. The van der Waals surface area contributed by atoms with E-state index in [0.717, 1.165) is 4.88 Å². The zero-order valence-electron chi connectivity index (χ0n) is 12.4. The van der Waals surface area contributed by atoms with Gasteiger partial charge in [-0.25, -0.2) is 0 Å². The largest absolute Gasteiger partial charge is 0.395 e. The Kier molecular flexibility index (Phi) is 7.53. The number of aliphatic hydroxyl groups is 1. The molecule has 0 bridgehead atoms. The summed E-state index contributed by atoms with van der Waals surface area (Å²) in [5.74, 6) is 6.08. The Hall–Kier alpha value is -1.82. The summed E-state index contributed by atoms with van der Waals surface area (Å²) in [5, 5.41) is 19.2. The van der Waals surface area contributed by atoms with Crippen LogP contribution in [0, 0.1) is 29.1 Å². The summed E-state index contributed by atoms with van der Waals surface area (Å²) in [5.41, 5.74) is 0.617. The van der Waals surface area contributed by atoms with Gasteiger partial charge in [0.1, 0.15) is 0 Å². The lowest BCUT2D eigenvalue weighted by molar-refractivity contribution is 0.0740. The van der Waals surface area contributed by atoms with Crippen LogP contribution < -0.4 is 0 Å². The Labute approximate surface area is 130 Å². The molecule has 1 aromatic heterocycles. The predicted molar refractivity (Wildman–Crippen MR) is 83.9 cm³/mol. The maximum absolute atomic E-state index is 12.5. The first-order valence-electron chi connectivity index (χ1n) is 6.93. The van der Waals surface area contributed by atoms with Gasteiger partial charge in [0, 0.05) is 24.9 Å². The summed E-state index contributed by atoms with van der Waals surface area (Å²) in [6.07, 6.45) is 0.772. The van der Waals surface area contributed by atoms with Crippen molar-refractivity contribution < 1.29 is 9.90 Å². The first-order valence-corrected chi connectivity index (χ1v) is 7.81. The van der Waals surface area contributed by atoms with Crippen LogP contribution in [0.25, 0.3) is 0 Å². The second-order valence-electron chi connectivity index (χ2n) is 5.03. The van der Waals surface area contributed by atoms with E-state index in [0.29, 0.717) is 37.4 Å². The maximum atomic E-state index is 12.5. The van der Waals surface area contributed by atoms with Crippen molar-refractivity contribution in [1.82, 2.24) is 4.90 Å². The van der Waals surface area contributed by atoms with Crippen molar-refractivity contribution >= 4 is 17.2 Å². The molecule has 0 saturated carbocycles. The molecule has 0 saturated heterocycles. The minimum atomic E-state index is -0.0505. The highest BCUT2D eigenvalue weighted by atomic mass is 32.1. The zero-order valence-corrected chi connectivity index (χ0v) is 13.2. The fourth-order valence-electron chi connectivity index (χ4n) is 1.80. The Bertz CT molecular complexity index is 561. The van der Waals surface area contributed by atoms with E-state index in [4.69, 9.17) is 10.4 Å². The summed E-state index contributed by atoms with van der Waals surface area (Å²) in [6.45, 7) is 5.23. The maximum Gasteiger partial charge on any atom is 0.254 e. The van der Waals surface area contributed by atoms with Crippen molar-refractivity contribution in [2.75, 3.05) is 19.7 Å². The van der Waals surface area contributed by atoms with E-state index in [1.807, 2.05) is 13.8 Å². The van der Waals surface area contributed by atoms with Gasteiger partial charge in [0.25, 0.3) is 5.91 Å². The van der Waals surface area contributed by atoms with Gasteiger partial charge in [0.15, 0.2) is 0 Å². The van der Waals surface area contributed by atoms with Crippen molar-refractivity contribution in [2.24, 2.45) is 5.92 Å². The molecular weight excluding hydrogens is 284 g/mol. The van der Waals surface area contributed by atoms with Gasteiger partial charge in [0.05, 0.1) is 29.5 Å². The van der Waals surface area contributed by atoms with Crippen LogP contribution in [0.5, 0.6) is 0 Å². The quantitative estimate of drug-likeness (QED) is 0.821. The highest BCUT2D eigenvalue weighted by Gasteiger charge is 2.17. The van der Waals surface area contributed by atoms with Crippen LogP contribution in [-0.4, -0.2) is 35.6 Å². The van der Waals surface area contributed by atoms with Crippen LogP contribution in [0.2, 0.25) is 0 Å². The van der Waals surface area contributed by atoms with E-state index in [9.17, 15) is 4.79 Å². The zero-order chi connectivity index (χ0) is 15.7. The summed E-state index contributed by atoms with van der Waals surface area (Å²) in [6, 6.07) is 3.85. The molecule has 5 heteroatoms. The summed E-state index contributed by atoms with van der Waals surface area (Å²) < 4.78 is 0. The molecule has 1 rings (SSSR count). The molecule has 1 N–H and O–H groups in total. The van der Waals surface area contributed by atoms with E-state index in [1.165, 1.54) is 11.3 Å². The summed E-state index contributed by atoms with van der Waals surface area (Å²) in [7, 11) is 0. The minimum absolute atomic E-state index is 0.0422. The first kappa shape index (κ1) is 17.2. The number of hydrogen-bond donors (Lipinski definition) is 1. The average Bonchev–Trinajstić information content (AvgIpc) is 2.91. The van der Waals surface area contributed by atoms with Crippen LogP contribution in [0.15, 0.2) is 11.4 Å². The van der Waals surface area contributed by atoms with Gasteiger partial charge in [-0.3, -0.25) is 4.79 Å². The Morgan fingerprint density at radius 2 is 2.24 bits per heavy atom. The van der Waals surface area contributed by atoms with Crippen LogP contribution in [0.4, 0.5) is 0 Å². The lowest BCUT2D eigenvalue weighted by atomic mass is 10.1. The molecule has 21 heavy (non-hydrogen) atoms. The number of carbonyl (C=O) groups excluding carboxylic acids is 1. The number of rotatable bonds is 6. The van der Waals surface area contributed by atoms with E-state index in [1.54, 1.807) is 16.3 Å². The summed E-state index contributed by atoms with van der Waals surface area (Å²) in [4.78, 5) is 15.0. The molecule has 0 aromatic carbocycles. The monoisotopic (exact) mass is 304 g/mol. The highest BCUT2D eigenvalue weighted by molar-refractivity contribution is 7.10. The smallest absolute Gasteiger partial charge is 0.254 e. The highest BCUT2D eigenvalue weighted by Crippen LogP contribution is 2.16. The number of amides is 1. The second-order valence-corrected chi connectivity index (χ2v) is 5.94. The van der Waals surface area contributed by atoms with Gasteiger partial charge in [-0.2, -0.15) is 5.26 Å². The molecule has 112 valence electrons. The first-order chi connectivity index (χ1) is 10.1. The Morgan fingerprint density at radius 1 is 1.48 bits per heavy atom. The van der Waals surface area contributed by atoms with Crippen molar-refractivity contribution in [3.05, 3.63) is 21.9 Å². The van der Waals surface area contributed by atoms with Crippen LogP contribution >= 0.6 is 11.3 Å². The molecule has 0 atom stereocenters. The van der Waals surface area contributed by atoms with Crippen LogP contribution in [-0.2, 0) is 0 Å². The standard InChI is InChI=1S/C16H20N2O2S/c1-13(2)11-18(8-5-7-17)16(20)14-10-15(21-12-14)6-3-4-9-19/h10,12-13,19H,4-5,8-9,11H2,1-2H3. The van der Waals surface area contributed by atoms with Gasteiger partial charge in [-0.05, 0) is 12.0 Å². The fraction of sp³-hybridized carbons (Fsp3) is 0.500. The van der Waals surface area contributed by atoms with E-state index in [-0.39, 0.29) is 12.5 Å². The Balaban J connectivity index is 2.79. The minimum Gasteiger partial charge on any atom is -0.395 e. The predicted octanol–water partition coefficient (Wildman–Crippen LogP) is 2.49. The topological polar surface area (TPSA) is 64.3 Å². The van der Waals surface area contributed by atoms with Crippen molar-refractivity contribution in [2.45, 2.75) is 26.7 Å². The molecule has 0 aliphatic heterocycles. The third-order valence-corrected chi connectivity index (χ3v) is 3.51. The second kappa shape index (κ2) is 9.18. The lowest BCUT2D eigenvalue weighted by Crippen LogP contribution is -2.34. The van der Waals surface area contributed by atoms with Gasteiger partial charge in [-0.1, -0.05) is 25.7 Å². The average molecular weight is 304 g/mol. The fourth-order valence-corrected chi connectivity index (χ4v) is 2.55. The van der Waals surface area contributed by atoms with Crippen molar-refractivity contribution in [3.8, 4) is 17.9 Å². The molecule has 0 radical (unpaired) electrons. The van der Waals surface area contributed by atoms with E-state index < -0.39 is 0 Å². The normalized spacial score (nSPS) is 9.86. The number of nitrogens with zero attached hydrogens (tertiary/aromatic N) is 2. The Morgan fingerprint density at radius 3 is 2.86 bits per heavy atom. The summed E-state index contributed by atoms with van der Waals surface area (Å²) >= 11 is 1.42. The number of nitriles is 1. The van der Waals surface area contributed by atoms with Gasteiger partial charge < -0.3 is 10.0 Å². The molecule has 0 aliphatic carbocycles. The molecule has 1 aromatic rings. The number of hydrogen-bond acceptors (Lipinski definition) is 4. The van der Waals surface area contributed by atoms with E-state index in [2.05, 4.69) is 17.9 Å². The third kappa shape index (κ3) is 5.99. The molecule has 0 aliphatic rings. The molecule has 1 amide bonds. The number of carbonyl (C=O) groups is 1. The number of thiophene rings is 1. The molecule has 0 fully saturated rings. The van der Waals surface area contributed by atoms with E-state index >= 15 is 0 Å². The van der Waals surface area contributed by atoms with Gasteiger partial charge in [-0.15, -0.1) is 11.3 Å². The molecular formula is C16H20N2O2S. The van der Waals surface area contributed by atoms with Crippen LogP contribution in [0.1, 0.15) is 41.9 Å². The van der Waals surface area contributed by atoms with Crippen LogP contribution in [0.3, 0.4) is 0 Å².